The van der Waals surface area contributed by atoms with Gasteiger partial charge in [0.05, 0.1) is 37.7 Å². The number of morpholine rings is 1. The number of ether oxygens (including phenoxy) is 2. The predicted octanol–water partition coefficient (Wildman–Crippen LogP) is 2.43. The minimum absolute atomic E-state index is 0.0845. The third kappa shape index (κ3) is 3.16. The van der Waals surface area contributed by atoms with Crippen LogP contribution in [0.4, 0.5) is 0 Å². The molecule has 0 radical (unpaired) electrons. The molecule has 1 N–H and O–H groups in total. The standard InChI is InChI=1S/C20H23N5O3/c1-13-19(14(2)25(23-13)15-5-4-6-16(11-15)27-3)18-12-28-10-9-24(18)20(26)17-7-8-21-22-17/h4-8,11,18H,9-10,12H2,1-3H3,(H,21,22)/t18-/m0/s1. The van der Waals surface area contributed by atoms with Crippen molar-refractivity contribution in [3.63, 3.8) is 0 Å². The van der Waals surface area contributed by atoms with E-state index in [4.69, 9.17) is 14.6 Å². The Morgan fingerprint density at radius 2 is 2.18 bits per heavy atom. The fraction of sp³-hybridized carbons (Fsp3) is 0.350. The van der Waals surface area contributed by atoms with Crippen molar-refractivity contribution in [2.75, 3.05) is 26.9 Å². The van der Waals surface area contributed by atoms with Crippen molar-refractivity contribution in [1.29, 1.82) is 0 Å². The lowest BCUT2D eigenvalue weighted by molar-refractivity contribution is -0.00334. The number of methoxy groups -OCH3 is 1. The van der Waals surface area contributed by atoms with E-state index in [2.05, 4.69) is 10.2 Å². The van der Waals surface area contributed by atoms with Gasteiger partial charge in [0.1, 0.15) is 11.4 Å². The maximum absolute atomic E-state index is 13.0. The first kappa shape index (κ1) is 18.2. The molecule has 1 saturated heterocycles. The van der Waals surface area contributed by atoms with Crippen LogP contribution in [0.25, 0.3) is 5.69 Å². The summed E-state index contributed by atoms with van der Waals surface area (Å²) in [6.07, 6.45) is 1.58. The van der Waals surface area contributed by atoms with Crippen LogP contribution in [0.15, 0.2) is 36.5 Å². The maximum Gasteiger partial charge on any atom is 0.272 e. The lowest BCUT2D eigenvalue weighted by atomic mass is 10.0. The Hall–Kier alpha value is -3.13. The molecule has 28 heavy (non-hydrogen) atoms. The van der Waals surface area contributed by atoms with Crippen LogP contribution in [-0.4, -0.2) is 57.7 Å². The zero-order valence-electron chi connectivity index (χ0n) is 16.2. The van der Waals surface area contributed by atoms with E-state index >= 15 is 0 Å². The first-order valence-electron chi connectivity index (χ1n) is 9.18. The van der Waals surface area contributed by atoms with Gasteiger partial charge < -0.3 is 14.4 Å². The highest BCUT2D eigenvalue weighted by Gasteiger charge is 2.33. The number of aryl methyl sites for hydroxylation is 1. The van der Waals surface area contributed by atoms with Crippen LogP contribution in [0.5, 0.6) is 5.75 Å². The normalized spacial score (nSPS) is 17.0. The van der Waals surface area contributed by atoms with Gasteiger partial charge >= 0.3 is 0 Å². The van der Waals surface area contributed by atoms with Crippen LogP contribution in [0.1, 0.15) is 33.5 Å². The highest BCUT2D eigenvalue weighted by molar-refractivity contribution is 5.92. The largest absolute Gasteiger partial charge is 0.497 e. The second kappa shape index (κ2) is 7.47. The Labute approximate surface area is 163 Å². The number of nitrogens with zero attached hydrogens (tertiary/aromatic N) is 4. The lowest BCUT2D eigenvalue weighted by Gasteiger charge is -2.35. The van der Waals surface area contributed by atoms with Gasteiger partial charge in [-0.25, -0.2) is 4.68 Å². The number of hydrogen-bond acceptors (Lipinski definition) is 5. The van der Waals surface area contributed by atoms with E-state index in [-0.39, 0.29) is 11.9 Å². The van der Waals surface area contributed by atoms with Gasteiger partial charge in [0.25, 0.3) is 5.91 Å². The van der Waals surface area contributed by atoms with Gasteiger partial charge in [-0.3, -0.25) is 9.89 Å². The number of nitrogens with one attached hydrogen (secondary N) is 1. The van der Waals surface area contributed by atoms with E-state index in [0.29, 0.717) is 25.5 Å². The van der Waals surface area contributed by atoms with Crippen molar-refractivity contribution in [3.05, 3.63) is 59.2 Å². The first-order valence-corrected chi connectivity index (χ1v) is 9.18. The second-order valence-corrected chi connectivity index (χ2v) is 6.76. The Balaban J connectivity index is 1.73. The molecule has 0 saturated carbocycles. The van der Waals surface area contributed by atoms with Gasteiger partial charge in [-0.05, 0) is 32.0 Å². The van der Waals surface area contributed by atoms with E-state index in [9.17, 15) is 4.79 Å². The van der Waals surface area contributed by atoms with E-state index < -0.39 is 0 Å². The molecule has 0 unspecified atom stereocenters. The van der Waals surface area contributed by atoms with Gasteiger partial charge in [-0.2, -0.15) is 10.2 Å². The summed E-state index contributed by atoms with van der Waals surface area (Å²) >= 11 is 0. The lowest BCUT2D eigenvalue weighted by Crippen LogP contribution is -2.44. The number of carbonyl (C=O) groups is 1. The van der Waals surface area contributed by atoms with Gasteiger partial charge in [0.2, 0.25) is 0 Å². The molecule has 8 heteroatoms. The predicted molar refractivity (Wildman–Crippen MR) is 103 cm³/mol. The Morgan fingerprint density at radius 3 is 2.93 bits per heavy atom. The molecule has 3 heterocycles. The molecule has 2 aromatic heterocycles. The number of carbonyl (C=O) groups excluding carboxylic acids is 1. The zero-order valence-corrected chi connectivity index (χ0v) is 16.2. The fourth-order valence-corrected chi connectivity index (χ4v) is 3.75. The Morgan fingerprint density at radius 1 is 1.32 bits per heavy atom. The molecule has 1 aromatic carbocycles. The molecule has 1 amide bonds. The number of H-pyrrole nitrogens is 1. The number of aromatic nitrogens is 4. The van der Waals surface area contributed by atoms with Crippen molar-refractivity contribution in [3.8, 4) is 11.4 Å². The molecule has 3 aromatic rings. The Kier molecular flexibility index (Phi) is 4.87. The van der Waals surface area contributed by atoms with E-state index in [1.165, 1.54) is 0 Å². The Bertz CT molecular complexity index is 980. The van der Waals surface area contributed by atoms with Crippen molar-refractivity contribution >= 4 is 5.91 Å². The minimum Gasteiger partial charge on any atom is -0.497 e. The average Bonchev–Trinajstić information content (AvgIpc) is 3.36. The van der Waals surface area contributed by atoms with E-state index in [1.54, 1.807) is 19.4 Å². The summed E-state index contributed by atoms with van der Waals surface area (Å²) in [7, 11) is 1.64. The fourth-order valence-electron chi connectivity index (χ4n) is 3.75. The van der Waals surface area contributed by atoms with Crippen molar-refractivity contribution in [1.82, 2.24) is 24.9 Å². The number of aromatic amines is 1. The van der Waals surface area contributed by atoms with Crippen molar-refractivity contribution in [2.45, 2.75) is 19.9 Å². The molecule has 1 atom stereocenters. The zero-order chi connectivity index (χ0) is 19.7. The molecular formula is C20H23N5O3. The molecule has 1 aliphatic heterocycles. The topological polar surface area (TPSA) is 85.3 Å². The van der Waals surface area contributed by atoms with Crippen molar-refractivity contribution < 1.29 is 14.3 Å². The van der Waals surface area contributed by atoms with Crippen molar-refractivity contribution in [2.24, 2.45) is 0 Å². The highest BCUT2D eigenvalue weighted by Crippen LogP contribution is 2.32. The van der Waals surface area contributed by atoms with Crippen LogP contribution >= 0.6 is 0 Å². The second-order valence-electron chi connectivity index (χ2n) is 6.76. The minimum atomic E-state index is -0.205. The molecule has 146 valence electrons. The van der Waals surface area contributed by atoms with Gasteiger partial charge in [-0.1, -0.05) is 6.07 Å². The molecule has 0 aliphatic carbocycles. The first-order chi connectivity index (χ1) is 13.6. The summed E-state index contributed by atoms with van der Waals surface area (Å²) in [6.45, 7) is 5.45. The van der Waals surface area contributed by atoms with Gasteiger partial charge in [-0.15, -0.1) is 0 Å². The molecule has 8 nitrogen and oxygen atoms in total. The summed E-state index contributed by atoms with van der Waals surface area (Å²) < 4.78 is 12.9. The molecule has 4 rings (SSSR count). The van der Waals surface area contributed by atoms with Crippen LogP contribution in [0.2, 0.25) is 0 Å². The van der Waals surface area contributed by atoms with Crippen LogP contribution in [0, 0.1) is 13.8 Å². The summed E-state index contributed by atoms with van der Waals surface area (Å²) in [5.41, 5.74) is 4.24. The van der Waals surface area contributed by atoms with Gasteiger partial charge in [0, 0.05) is 30.1 Å². The number of benzene rings is 1. The molecule has 1 aliphatic rings. The SMILES string of the molecule is COc1cccc(-n2nc(C)c([C@@H]3COCCN3C(=O)c3ccn[nH]3)c2C)c1. The quantitative estimate of drug-likeness (QED) is 0.750. The number of hydrogen-bond donors (Lipinski definition) is 1. The van der Waals surface area contributed by atoms with Gasteiger partial charge in [0.15, 0.2) is 0 Å². The molecular weight excluding hydrogens is 358 g/mol. The molecule has 0 spiro atoms. The third-order valence-electron chi connectivity index (χ3n) is 5.10. The van der Waals surface area contributed by atoms with Crippen LogP contribution in [-0.2, 0) is 4.74 Å². The van der Waals surface area contributed by atoms with Crippen LogP contribution in [0.3, 0.4) is 0 Å². The number of amides is 1. The average molecular weight is 381 g/mol. The van der Waals surface area contributed by atoms with Crippen LogP contribution < -0.4 is 4.74 Å². The summed E-state index contributed by atoms with van der Waals surface area (Å²) in [4.78, 5) is 14.8. The smallest absolute Gasteiger partial charge is 0.272 e. The van der Waals surface area contributed by atoms with E-state index in [0.717, 1.165) is 28.4 Å². The highest BCUT2D eigenvalue weighted by atomic mass is 16.5. The monoisotopic (exact) mass is 381 g/mol. The summed E-state index contributed by atoms with van der Waals surface area (Å²) in [5.74, 6) is 0.683. The number of rotatable bonds is 4. The van der Waals surface area contributed by atoms with E-state index in [1.807, 2.05) is 47.7 Å². The summed E-state index contributed by atoms with van der Waals surface area (Å²) in [6, 6.07) is 9.24. The molecule has 1 fully saturated rings. The molecule has 0 bridgehead atoms. The third-order valence-corrected chi connectivity index (χ3v) is 5.10. The summed E-state index contributed by atoms with van der Waals surface area (Å²) in [5, 5.41) is 11.4. The maximum atomic E-state index is 13.0.